The maximum Gasteiger partial charge on any atom is 0.223 e. The smallest absolute Gasteiger partial charge is 0.223 e. The third-order valence-electron chi connectivity index (χ3n) is 7.95. The van der Waals surface area contributed by atoms with Gasteiger partial charge in [0.1, 0.15) is 11.6 Å². The molecule has 0 fully saturated rings. The van der Waals surface area contributed by atoms with Gasteiger partial charge in [0, 0.05) is 39.7 Å². The van der Waals surface area contributed by atoms with Crippen LogP contribution in [0.4, 0.5) is 4.39 Å². The third kappa shape index (κ3) is 4.94. The number of halogens is 2. The van der Waals surface area contributed by atoms with Gasteiger partial charge in [-0.15, -0.1) is 0 Å². The van der Waals surface area contributed by atoms with Gasteiger partial charge in [0.2, 0.25) is 5.90 Å². The van der Waals surface area contributed by atoms with E-state index in [1.165, 1.54) is 17.7 Å². The molecule has 2 heterocycles. The summed E-state index contributed by atoms with van der Waals surface area (Å²) in [6.45, 7) is 2.57. The Balaban J connectivity index is 1.54. The Labute approximate surface area is 255 Å². The van der Waals surface area contributed by atoms with Crippen molar-refractivity contribution in [1.29, 1.82) is 0 Å². The normalized spacial score (nSPS) is 14.7. The lowest BCUT2D eigenvalue weighted by atomic mass is 9.90. The van der Waals surface area contributed by atoms with E-state index in [1.807, 2.05) is 60.7 Å². The average Bonchev–Trinajstić information content (AvgIpc) is 3.53. The molecule has 0 aliphatic carbocycles. The van der Waals surface area contributed by atoms with Gasteiger partial charge >= 0.3 is 0 Å². The number of hydrogen-bond donors (Lipinski definition) is 0. The van der Waals surface area contributed by atoms with Crippen LogP contribution in [0.15, 0.2) is 126 Å². The third-order valence-corrected chi connectivity index (χ3v) is 8.18. The first kappa shape index (κ1) is 26.9. The molecule has 1 aromatic heterocycles. The van der Waals surface area contributed by atoms with Crippen LogP contribution in [0.25, 0.3) is 33.5 Å². The highest BCUT2D eigenvalue weighted by atomic mass is 35.5. The molecule has 5 heteroatoms. The number of rotatable bonds is 5. The van der Waals surface area contributed by atoms with Crippen LogP contribution in [-0.4, -0.2) is 10.5 Å². The summed E-state index contributed by atoms with van der Waals surface area (Å²) in [5.74, 6) is 0.952. The maximum absolute atomic E-state index is 14.3. The number of aliphatic imine (C=N–C) groups is 1. The highest BCUT2D eigenvalue weighted by Crippen LogP contribution is 2.46. The van der Waals surface area contributed by atoms with E-state index < -0.39 is 0 Å². The van der Waals surface area contributed by atoms with Crippen LogP contribution in [0.5, 0.6) is 0 Å². The fraction of sp³-hybridized carbons (Fsp3) is 0.0789. The van der Waals surface area contributed by atoms with Crippen LogP contribution in [0.1, 0.15) is 33.4 Å². The molecule has 5 aromatic carbocycles. The van der Waals surface area contributed by atoms with E-state index >= 15 is 0 Å². The van der Waals surface area contributed by atoms with Crippen LogP contribution in [0.2, 0.25) is 5.02 Å². The van der Waals surface area contributed by atoms with Gasteiger partial charge in [-0.05, 0) is 53.9 Å². The predicted octanol–water partition coefficient (Wildman–Crippen LogP) is 9.84. The van der Waals surface area contributed by atoms with Crippen LogP contribution >= 0.6 is 11.6 Å². The Morgan fingerprint density at radius 2 is 1.51 bits per heavy atom. The molecule has 0 atom stereocenters. The van der Waals surface area contributed by atoms with E-state index in [-0.39, 0.29) is 5.82 Å². The lowest BCUT2D eigenvalue weighted by molar-refractivity contribution is 0.523. The second kappa shape index (κ2) is 11.0. The molecule has 0 spiro atoms. The highest BCUT2D eigenvalue weighted by Gasteiger charge is 2.32. The Hall–Kier alpha value is -4.93. The summed E-state index contributed by atoms with van der Waals surface area (Å²) in [7, 11) is 2.06. The second-order valence-corrected chi connectivity index (χ2v) is 11.2. The zero-order valence-electron chi connectivity index (χ0n) is 23.8. The minimum atomic E-state index is -0.297. The fourth-order valence-corrected chi connectivity index (χ4v) is 6.01. The van der Waals surface area contributed by atoms with E-state index in [4.69, 9.17) is 21.3 Å². The molecule has 0 saturated heterocycles. The molecule has 0 bridgehead atoms. The molecule has 0 saturated carbocycles. The standard InChI is InChI=1S/C38H28ClFN2O/c1-24-12-14-27(15-13-24)36-35(32-21-18-28(39)22-33(32)42(36)2)34(26-16-19-29(40)20-17-26)37-30-10-6-7-11-31(30)38(43-37)41-23-25-8-4-3-5-9-25/h3-22H,23H2,1-2H3/b37-34-,41-38?. The van der Waals surface area contributed by atoms with E-state index in [2.05, 4.69) is 67.1 Å². The Morgan fingerprint density at radius 3 is 2.26 bits per heavy atom. The molecule has 1 aliphatic heterocycles. The van der Waals surface area contributed by atoms with Crippen LogP contribution in [0.3, 0.4) is 0 Å². The molecular weight excluding hydrogens is 555 g/mol. The number of fused-ring (bicyclic) bond motifs is 2. The number of ether oxygens (including phenoxy) is 1. The lowest BCUT2D eigenvalue weighted by Crippen LogP contribution is -2.01. The van der Waals surface area contributed by atoms with Crippen molar-refractivity contribution in [3.05, 3.63) is 166 Å². The zero-order valence-corrected chi connectivity index (χ0v) is 24.6. The molecule has 0 N–H and O–H groups in total. The summed E-state index contributed by atoms with van der Waals surface area (Å²) >= 11 is 6.52. The first-order chi connectivity index (χ1) is 21.0. The van der Waals surface area contributed by atoms with Gasteiger partial charge in [0.05, 0.1) is 17.8 Å². The number of hydrogen-bond acceptors (Lipinski definition) is 2. The zero-order chi connectivity index (χ0) is 29.5. The molecule has 0 radical (unpaired) electrons. The van der Waals surface area contributed by atoms with Crippen molar-refractivity contribution in [2.45, 2.75) is 13.5 Å². The topological polar surface area (TPSA) is 26.5 Å². The number of nitrogens with zero attached hydrogens (tertiary/aromatic N) is 2. The Bertz CT molecular complexity index is 2040. The average molecular weight is 583 g/mol. The molecule has 3 nitrogen and oxygen atoms in total. The molecule has 1 aliphatic rings. The molecule has 0 amide bonds. The van der Waals surface area contributed by atoms with Crippen LogP contribution in [-0.2, 0) is 18.3 Å². The van der Waals surface area contributed by atoms with Crippen molar-refractivity contribution in [3.8, 4) is 11.3 Å². The van der Waals surface area contributed by atoms with Crippen molar-refractivity contribution in [2.75, 3.05) is 0 Å². The first-order valence-electron chi connectivity index (χ1n) is 14.2. The van der Waals surface area contributed by atoms with Crippen molar-refractivity contribution in [3.63, 3.8) is 0 Å². The van der Waals surface area contributed by atoms with Gasteiger partial charge in [0.25, 0.3) is 0 Å². The largest absolute Gasteiger partial charge is 0.437 e. The SMILES string of the molecule is Cc1ccc(-c2c(/C(=C3\OC(=NCc4ccccc4)c4ccccc43)c3ccc(F)cc3)c3ccc(Cl)cc3n2C)cc1. The monoisotopic (exact) mass is 582 g/mol. The second-order valence-electron chi connectivity index (χ2n) is 10.8. The van der Waals surface area contributed by atoms with Gasteiger partial charge < -0.3 is 9.30 Å². The Morgan fingerprint density at radius 1 is 0.814 bits per heavy atom. The summed E-state index contributed by atoms with van der Waals surface area (Å²) in [6, 6.07) is 39.3. The van der Waals surface area contributed by atoms with Gasteiger partial charge in [-0.1, -0.05) is 108 Å². The summed E-state index contributed by atoms with van der Waals surface area (Å²) in [5.41, 5.74) is 9.88. The number of aromatic nitrogens is 1. The van der Waals surface area contributed by atoms with Gasteiger partial charge in [-0.2, -0.15) is 0 Å². The van der Waals surface area contributed by atoms with Crippen molar-refractivity contribution < 1.29 is 9.13 Å². The van der Waals surface area contributed by atoms with Gasteiger partial charge in [-0.25, -0.2) is 9.38 Å². The summed E-state index contributed by atoms with van der Waals surface area (Å²) in [6.07, 6.45) is 0. The maximum atomic E-state index is 14.3. The van der Waals surface area contributed by atoms with Crippen molar-refractivity contribution >= 4 is 39.7 Å². The molecule has 7 rings (SSSR count). The molecule has 0 unspecified atom stereocenters. The van der Waals surface area contributed by atoms with E-state index in [0.717, 1.165) is 55.6 Å². The minimum absolute atomic E-state index is 0.297. The van der Waals surface area contributed by atoms with E-state index in [1.54, 1.807) is 0 Å². The molecule has 43 heavy (non-hydrogen) atoms. The van der Waals surface area contributed by atoms with E-state index in [9.17, 15) is 4.39 Å². The van der Waals surface area contributed by atoms with Gasteiger partial charge in [0.15, 0.2) is 0 Å². The minimum Gasteiger partial charge on any atom is -0.437 e. The number of benzene rings is 5. The predicted molar refractivity (Wildman–Crippen MR) is 175 cm³/mol. The first-order valence-corrected chi connectivity index (χ1v) is 14.6. The highest BCUT2D eigenvalue weighted by molar-refractivity contribution is 6.31. The summed E-state index contributed by atoms with van der Waals surface area (Å²) < 4.78 is 23.2. The Kier molecular flexibility index (Phi) is 6.92. The van der Waals surface area contributed by atoms with E-state index in [0.29, 0.717) is 23.2 Å². The molecule has 6 aromatic rings. The summed E-state index contributed by atoms with van der Waals surface area (Å²) in [4.78, 5) is 4.92. The quantitative estimate of drug-likeness (QED) is 0.199. The number of aryl methyl sites for hydroxylation is 2. The molecule has 210 valence electrons. The van der Waals surface area contributed by atoms with Gasteiger partial charge in [-0.3, -0.25) is 0 Å². The van der Waals surface area contributed by atoms with Crippen LogP contribution in [0, 0.1) is 12.7 Å². The molecular formula is C38H28ClFN2O. The van der Waals surface area contributed by atoms with Crippen molar-refractivity contribution in [2.24, 2.45) is 12.0 Å². The van der Waals surface area contributed by atoms with Crippen LogP contribution < -0.4 is 0 Å². The fourth-order valence-electron chi connectivity index (χ4n) is 5.84. The lowest BCUT2D eigenvalue weighted by Gasteiger charge is -2.16. The van der Waals surface area contributed by atoms with Crippen molar-refractivity contribution in [1.82, 2.24) is 4.57 Å². The summed E-state index contributed by atoms with van der Waals surface area (Å²) in [5, 5.41) is 1.67.